The molecule has 2 aromatic rings. The summed E-state index contributed by atoms with van der Waals surface area (Å²) in [5.41, 5.74) is 1.80. The maximum atomic E-state index is 12.6. The second kappa shape index (κ2) is 8.17. The van der Waals surface area contributed by atoms with Crippen molar-refractivity contribution in [2.24, 2.45) is 5.41 Å². The molecule has 1 unspecified atom stereocenters. The number of ether oxygens (including phenoxy) is 1. The highest BCUT2D eigenvalue weighted by Crippen LogP contribution is 2.26. The largest absolute Gasteiger partial charge is 0.489 e. The Morgan fingerprint density at radius 2 is 1.92 bits per heavy atom. The number of para-hydroxylation sites is 1. The fourth-order valence-electron chi connectivity index (χ4n) is 3.16. The van der Waals surface area contributed by atoms with Gasteiger partial charge in [-0.25, -0.2) is 0 Å². The van der Waals surface area contributed by atoms with Gasteiger partial charge < -0.3 is 15.4 Å². The first-order chi connectivity index (χ1) is 12.2. The fraction of sp³-hybridized carbons (Fsp3) is 0.381. The quantitative estimate of drug-likeness (QED) is 0.850. The molecule has 1 saturated heterocycles. The molecule has 1 aliphatic rings. The molecule has 0 bridgehead atoms. The summed E-state index contributed by atoms with van der Waals surface area (Å²) in [5, 5.41) is 6.41. The summed E-state index contributed by atoms with van der Waals surface area (Å²) in [7, 11) is 0. The van der Waals surface area contributed by atoms with E-state index in [2.05, 4.69) is 10.6 Å². The van der Waals surface area contributed by atoms with Crippen molar-refractivity contribution < 1.29 is 9.53 Å². The zero-order valence-electron chi connectivity index (χ0n) is 14.8. The molecule has 0 aromatic heterocycles. The average Bonchev–Trinajstić information content (AvgIpc) is 2.66. The average molecular weight is 338 g/mol. The highest BCUT2D eigenvalue weighted by Gasteiger charge is 2.34. The molecule has 2 N–H and O–H groups in total. The minimum absolute atomic E-state index is 0.109. The van der Waals surface area contributed by atoms with Crippen molar-refractivity contribution >= 4 is 5.91 Å². The Hall–Kier alpha value is -2.33. The van der Waals surface area contributed by atoms with E-state index in [1.165, 1.54) is 0 Å². The molecular formula is C21H26N2O2. The van der Waals surface area contributed by atoms with E-state index < -0.39 is 0 Å². The van der Waals surface area contributed by atoms with Gasteiger partial charge in [0.05, 0.1) is 5.41 Å². The van der Waals surface area contributed by atoms with Gasteiger partial charge in [0.2, 0.25) is 5.91 Å². The maximum Gasteiger partial charge on any atom is 0.227 e. The third kappa shape index (κ3) is 4.60. The molecule has 0 saturated carbocycles. The summed E-state index contributed by atoms with van der Waals surface area (Å²) >= 11 is 0. The third-order valence-electron chi connectivity index (χ3n) is 4.79. The van der Waals surface area contributed by atoms with Gasteiger partial charge in [0.25, 0.3) is 0 Å². The first kappa shape index (κ1) is 17.5. The molecular weight excluding hydrogens is 312 g/mol. The van der Waals surface area contributed by atoms with Crippen LogP contribution in [0.3, 0.4) is 0 Å². The first-order valence-corrected chi connectivity index (χ1v) is 8.91. The molecule has 4 nitrogen and oxygen atoms in total. The van der Waals surface area contributed by atoms with Crippen molar-refractivity contribution in [1.82, 2.24) is 10.6 Å². The normalized spacial score (nSPS) is 20.0. The molecule has 0 spiro atoms. The van der Waals surface area contributed by atoms with Gasteiger partial charge in [-0.05, 0) is 37.9 Å². The summed E-state index contributed by atoms with van der Waals surface area (Å²) in [6, 6.07) is 18.0. The van der Waals surface area contributed by atoms with Crippen LogP contribution in [0.15, 0.2) is 54.6 Å². The Labute approximate surface area is 149 Å². The number of carbonyl (C=O) groups excluding carboxylic acids is 1. The molecule has 1 heterocycles. The molecule has 1 fully saturated rings. The molecule has 0 aliphatic carbocycles. The first-order valence-electron chi connectivity index (χ1n) is 8.91. The van der Waals surface area contributed by atoms with Crippen molar-refractivity contribution in [2.75, 3.05) is 13.1 Å². The van der Waals surface area contributed by atoms with Gasteiger partial charge in [0.1, 0.15) is 12.4 Å². The van der Waals surface area contributed by atoms with Crippen LogP contribution in [0.2, 0.25) is 0 Å². The monoisotopic (exact) mass is 338 g/mol. The summed E-state index contributed by atoms with van der Waals surface area (Å²) in [6.45, 7) is 4.78. The zero-order chi connectivity index (χ0) is 17.5. The lowest BCUT2D eigenvalue weighted by Crippen LogP contribution is -2.48. The molecule has 2 aromatic carbocycles. The van der Waals surface area contributed by atoms with Crippen LogP contribution < -0.4 is 15.4 Å². The van der Waals surface area contributed by atoms with E-state index in [0.29, 0.717) is 13.2 Å². The van der Waals surface area contributed by atoms with Crippen LogP contribution in [0, 0.1) is 5.41 Å². The van der Waals surface area contributed by atoms with Crippen molar-refractivity contribution in [3.63, 3.8) is 0 Å². The van der Waals surface area contributed by atoms with Gasteiger partial charge in [0.15, 0.2) is 0 Å². The lowest BCUT2D eigenvalue weighted by atomic mass is 9.82. The number of hydrogen-bond acceptors (Lipinski definition) is 3. The molecule has 25 heavy (non-hydrogen) atoms. The van der Waals surface area contributed by atoms with Crippen LogP contribution >= 0.6 is 0 Å². The highest BCUT2D eigenvalue weighted by atomic mass is 16.5. The molecule has 1 atom stereocenters. The Morgan fingerprint density at radius 3 is 2.68 bits per heavy atom. The SMILES string of the molecule is CC1(C(=O)NCc2ccccc2OCc2ccccc2)CCCNC1. The maximum absolute atomic E-state index is 12.6. The Kier molecular flexibility index (Phi) is 5.71. The zero-order valence-corrected chi connectivity index (χ0v) is 14.8. The minimum Gasteiger partial charge on any atom is -0.489 e. The smallest absolute Gasteiger partial charge is 0.227 e. The number of rotatable bonds is 6. The number of amides is 1. The third-order valence-corrected chi connectivity index (χ3v) is 4.79. The van der Waals surface area contributed by atoms with E-state index in [0.717, 1.165) is 42.8 Å². The predicted molar refractivity (Wildman–Crippen MR) is 99.3 cm³/mol. The van der Waals surface area contributed by atoms with Gasteiger partial charge in [-0.3, -0.25) is 4.79 Å². The van der Waals surface area contributed by atoms with E-state index in [1.807, 2.05) is 61.5 Å². The van der Waals surface area contributed by atoms with Gasteiger partial charge in [0, 0.05) is 18.7 Å². The Morgan fingerprint density at radius 1 is 1.16 bits per heavy atom. The lowest BCUT2D eigenvalue weighted by molar-refractivity contribution is -0.131. The van der Waals surface area contributed by atoms with Crippen molar-refractivity contribution in [3.8, 4) is 5.75 Å². The predicted octanol–water partition coefficient (Wildman–Crippen LogP) is 3.27. The number of carbonyl (C=O) groups is 1. The lowest BCUT2D eigenvalue weighted by Gasteiger charge is -2.32. The molecule has 4 heteroatoms. The number of benzene rings is 2. The van der Waals surface area contributed by atoms with E-state index in [9.17, 15) is 4.79 Å². The standard InChI is InChI=1S/C21H26N2O2/c1-21(12-7-13-22-16-21)20(24)23-14-18-10-5-6-11-19(18)25-15-17-8-3-2-4-9-17/h2-6,8-11,22H,7,12-16H2,1H3,(H,23,24). The molecule has 3 rings (SSSR count). The Bertz CT molecular complexity index is 694. The van der Waals surface area contributed by atoms with Gasteiger partial charge in [-0.15, -0.1) is 0 Å². The van der Waals surface area contributed by atoms with Gasteiger partial charge in [-0.2, -0.15) is 0 Å². The molecule has 1 amide bonds. The van der Waals surface area contributed by atoms with Crippen LogP contribution in [0.25, 0.3) is 0 Å². The van der Waals surface area contributed by atoms with E-state index >= 15 is 0 Å². The van der Waals surface area contributed by atoms with Crippen LogP contribution in [-0.4, -0.2) is 19.0 Å². The van der Waals surface area contributed by atoms with Crippen LogP contribution in [0.5, 0.6) is 5.75 Å². The van der Waals surface area contributed by atoms with E-state index in [1.54, 1.807) is 0 Å². The topological polar surface area (TPSA) is 50.4 Å². The minimum atomic E-state index is -0.321. The number of piperidine rings is 1. The van der Waals surface area contributed by atoms with Crippen molar-refractivity contribution in [3.05, 3.63) is 65.7 Å². The molecule has 0 radical (unpaired) electrons. The molecule has 132 valence electrons. The van der Waals surface area contributed by atoms with Gasteiger partial charge in [-0.1, -0.05) is 48.5 Å². The van der Waals surface area contributed by atoms with Crippen LogP contribution in [0.1, 0.15) is 30.9 Å². The highest BCUT2D eigenvalue weighted by molar-refractivity contribution is 5.82. The fourth-order valence-corrected chi connectivity index (χ4v) is 3.16. The summed E-state index contributed by atoms with van der Waals surface area (Å²) < 4.78 is 5.96. The summed E-state index contributed by atoms with van der Waals surface area (Å²) in [6.07, 6.45) is 1.97. The van der Waals surface area contributed by atoms with Crippen molar-refractivity contribution in [2.45, 2.75) is 32.9 Å². The van der Waals surface area contributed by atoms with Crippen molar-refractivity contribution in [1.29, 1.82) is 0 Å². The van der Waals surface area contributed by atoms with E-state index in [4.69, 9.17) is 4.74 Å². The van der Waals surface area contributed by atoms with E-state index in [-0.39, 0.29) is 11.3 Å². The molecule has 1 aliphatic heterocycles. The number of nitrogens with one attached hydrogen (secondary N) is 2. The second-order valence-corrected chi connectivity index (χ2v) is 6.91. The second-order valence-electron chi connectivity index (χ2n) is 6.91. The van der Waals surface area contributed by atoms with Gasteiger partial charge >= 0.3 is 0 Å². The summed E-state index contributed by atoms with van der Waals surface area (Å²) in [4.78, 5) is 12.6. The van der Waals surface area contributed by atoms with Crippen LogP contribution in [0.4, 0.5) is 0 Å². The number of hydrogen-bond donors (Lipinski definition) is 2. The van der Waals surface area contributed by atoms with Crippen LogP contribution in [-0.2, 0) is 17.9 Å². The summed E-state index contributed by atoms with van der Waals surface area (Å²) in [5.74, 6) is 0.927. The Balaban J connectivity index is 1.60.